The predicted octanol–water partition coefficient (Wildman–Crippen LogP) is 1.76. The maximum atomic E-state index is 12.7. The molecule has 430 valence electrons. The van der Waals surface area contributed by atoms with E-state index in [1.54, 1.807) is 16.4 Å². The third-order valence-electron chi connectivity index (χ3n) is 9.99. The van der Waals surface area contributed by atoms with Crippen molar-refractivity contribution in [3.05, 3.63) is 0 Å². The average molecular weight is 1070 g/mol. The van der Waals surface area contributed by atoms with Crippen molar-refractivity contribution in [2.75, 3.05) is 271 Å². The molecule has 0 bridgehead atoms. The van der Waals surface area contributed by atoms with Crippen molar-refractivity contribution in [2.24, 2.45) is 0 Å². The molecule has 1 aliphatic rings. The van der Waals surface area contributed by atoms with Crippen LogP contribution in [-0.2, 0) is 99.5 Å². The number of nitrogens with zero attached hydrogens (tertiary/aromatic N) is 2. The molecule has 0 N–H and O–H groups in total. The lowest BCUT2D eigenvalue weighted by atomic mass is 10.1. The fraction of sp³-hybridized carbons (Fsp3) is 0.979. The smallest absolute Gasteiger partial charge is 0.245 e. The van der Waals surface area contributed by atoms with Crippen LogP contribution in [0.4, 0.5) is 0 Å². The van der Waals surface area contributed by atoms with E-state index >= 15 is 0 Å². The van der Waals surface area contributed by atoms with Crippen LogP contribution in [0.25, 0.3) is 0 Å². The van der Waals surface area contributed by atoms with E-state index in [0.29, 0.717) is 264 Å². The van der Waals surface area contributed by atoms with Gasteiger partial charge in [0.1, 0.15) is 11.2 Å². The first-order valence-electron chi connectivity index (χ1n) is 25.5. The predicted molar refractivity (Wildman–Crippen MR) is 265 cm³/mol. The van der Waals surface area contributed by atoms with Crippen LogP contribution in [-0.4, -0.2) is 298 Å². The second kappa shape index (κ2) is 52.0. The Bertz CT molecular complexity index is 1140. The second-order valence-electron chi connectivity index (χ2n) is 16.4. The van der Waals surface area contributed by atoms with Gasteiger partial charge in [-0.25, -0.2) is 0 Å². The van der Waals surface area contributed by atoms with Crippen LogP contribution in [0.2, 0.25) is 0 Å². The normalized spacial score (nSPS) is 14.7. The average Bonchev–Trinajstić information content (AvgIpc) is 3.48. The highest BCUT2D eigenvalue weighted by Gasteiger charge is 2.55. The van der Waals surface area contributed by atoms with Crippen molar-refractivity contribution in [1.82, 2.24) is 9.32 Å². The molecule has 0 atom stereocenters. The number of ether oxygens (including phenoxy) is 20. The molecule has 1 heterocycles. The molecule has 0 unspecified atom stereocenters. The molecule has 72 heavy (non-hydrogen) atoms. The van der Waals surface area contributed by atoms with Crippen molar-refractivity contribution in [2.45, 2.75) is 38.9 Å². The van der Waals surface area contributed by atoms with Gasteiger partial charge in [-0.3, -0.25) is 4.79 Å². The molecule has 1 rings (SSSR count). The van der Waals surface area contributed by atoms with Gasteiger partial charge in [-0.15, -0.1) is 0 Å². The highest BCUT2D eigenvalue weighted by molar-refractivity contribution is 6.17. The summed E-state index contributed by atoms with van der Waals surface area (Å²) in [5, 5.41) is 0. The molecule has 1 fully saturated rings. The van der Waals surface area contributed by atoms with Crippen LogP contribution in [0.1, 0.15) is 27.7 Å². The zero-order valence-electron chi connectivity index (χ0n) is 44.6. The number of carbonyl (C=O) groups is 1. The summed E-state index contributed by atoms with van der Waals surface area (Å²) in [6.45, 7) is 27.2. The van der Waals surface area contributed by atoms with E-state index in [2.05, 4.69) is 0 Å². The molecule has 0 aliphatic carbocycles. The van der Waals surface area contributed by atoms with E-state index in [4.69, 9.17) is 107 Å². The zero-order chi connectivity index (χ0) is 52.2. The number of methoxy groups -OCH3 is 1. The van der Waals surface area contributed by atoms with Gasteiger partial charge in [0.2, 0.25) is 5.91 Å². The highest BCUT2D eigenvalue weighted by atomic mass is 35.5. The number of amides is 1. The fourth-order valence-electron chi connectivity index (χ4n) is 6.19. The largest absolute Gasteiger partial charge is 0.382 e. The molecule has 0 aromatic carbocycles. The molecule has 0 saturated carbocycles. The molecular weight excluding hydrogens is 976 g/mol. The zero-order valence-corrected chi connectivity index (χ0v) is 45.4. The molecular formula is C48H95ClN2O21. The van der Waals surface area contributed by atoms with Gasteiger partial charge < -0.3 is 99.6 Å². The third kappa shape index (κ3) is 41.1. The maximum absolute atomic E-state index is 12.7. The minimum Gasteiger partial charge on any atom is -0.382 e. The first kappa shape index (κ1) is 68.9. The van der Waals surface area contributed by atoms with Crippen molar-refractivity contribution in [3.8, 4) is 0 Å². The molecule has 1 saturated heterocycles. The van der Waals surface area contributed by atoms with Crippen LogP contribution in [0, 0.1) is 0 Å². The van der Waals surface area contributed by atoms with E-state index in [0.717, 1.165) is 0 Å². The molecule has 24 heteroatoms. The molecule has 0 aromatic heterocycles. The van der Waals surface area contributed by atoms with Crippen molar-refractivity contribution in [1.29, 1.82) is 0 Å². The lowest BCUT2D eigenvalue weighted by Gasteiger charge is -2.35. The van der Waals surface area contributed by atoms with Crippen LogP contribution < -0.4 is 0 Å². The SMILES string of the molecule is COCCOCCOCCOCCOCCOCCOCCOCCOCCOCCOCCOCCOCCOCCOCCOCCOCCOCCOCCOCCN1C(=O)C(C)(C)N(Cl)C1(C)C. The van der Waals surface area contributed by atoms with E-state index in [1.807, 2.05) is 27.7 Å². The quantitative estimate of drug-likeness (QED) is 0.0628. The van der Waals surface area contributed by atoms with Crippen molar-refractivity contribution < 1.29 is 99.5 Å². The molecule has 1 aliphatic heterocycles. The first-order valence-corrected chi connectivity index (χ1v) is 25.8. The maximum Gasteiger partial charge on any atom is 0.245 e. The summed E-state index contributed by atoms with van der Waals surface area (Å²) in [5.41, 5.74) is -1.33. The van der Waals surface area contributed by atoms with Gasteiger partial charge in [0.15, 0.2) is 0 Å². The van der Waals surface area contributed by atoms with E-state index in [1.165, 1.54) is 0 Å². The summed E-state index contributed by atoms with van der Waals surface area (Å²) in [4.78, 5) is 14.4. The van der Waals surface area contributed by atoms with Crippen molar-refractivity contribution in [3.63, 3.8) is 0 Å². The second-order valence-corrected chi connectivity index (χ2v) is 16.8. The van der Waals surface area contributed by atoms with Crippen LogP contribution in [0.15, 0.2) is 0 Å². The monoisotopic (exact) mass is 1070 g/mol. The lowest BCUT2D eigenvalue weighted by Crippen LogP contribution is -2.47. The highest BCUT2D eigenvalue weighted by Crippen LogP contribution is 2.39. The Morgan fingerprint density at radius 2 is 0.444 bits per heavy atom. The Balaban J connectivity index is 1.62. The molecule has 0 radical (unpaired) electrons. The summed E-state index contributed by atoms with van der Waals surface area (Å²) < 4.78 is 111. The number of rotatable bonds is 60. The molecule has 1 amide bonds. The summed E-state index contributed by atoms with van der Waals surface area (Å²) in [5.74, 6) is -0.0124. The number of hydrogen-bond donors (Lipinski definition) is 0. The van der Waals surface area contributed by atoms with Gasteiger partial charge in [-0.1, -0.05) is 0 Å². The Kier molecular flexibility index (Phi) is 49.8. The van der Waals surface area contributed by atoms with Crippen LogP contribution in [0.3, 0.4) is 0 Å². The van der Waals surface area contributed by atoms with Crippen molar-refractivity contribution >= 4 is 17.7 Å². The Morgan fingerprint density at radius 3 is 0.583 bits per heavy atom. The van der Waals surface area contributed by atoms with Gasteiger partial charge in [-0.05, 0) is 39.5 Å². The van der Waals surface area contributed by atoms with E-state index < -0.39 is 11.2 Å². The summed E-state index contributed by atoms with van der Waals surface area (Å²) >= 11 is 6.40. The van der Waals surface area contributed by atoms with E-state index in [-0.39, 0.29) is 5.91 Å². The fourth-order valence-corrected chi connectivity index (χ4v) is 6.35. The minimum atomic E-state index is -0.751. The van der Waals surface area contributed by atoms with Crippen LogP contribution in [0.5, 0.6) is 0 Å². The van der Waals surface area contributed by atoms with Gasteiger partial charge in [-0.2, -0.15) is 4.42 Å². The topological polar surface area (TPSA) is 208 Å². The molecule has 0 aromatic rings. The van der Waals surface area contributed by atoms with E-state index in [9.17, 15) is 4.79 Å². The Morgan fingerprint density at radius 1 is 0.292 bits per heavy atom. The lowest BCUT2D eigenvalue weighted by molar-refractivity contribution is -0.134. The van der Waals surface area contributed by atoms with Gasteiger partial charge in [0.05, 0.1) is 258 Å². The molecule has 23 nitrogen and oxygen atoms in total. The van der Waals surface area contributed by atoms with Gasteiger partial charge in [0.25, 0.3) is 0 Å². The number of halogens is 1. The summed E-state index contributed by atoms with van der Waals surface area (Å²) in [6, 6.07) is 0. The molecule has 0 spiro atoms. The number of carbonyl (C=O) groups excluding carboxylic acids is 1. The first-order chi connectivity index (χ1) is 35.3. The Hall–Kier alpha value is -1.08. The van der Waals surface area contributed by atoms with Gasteiger partial charge >= 0.3 is 0 Å². The van der Waals surface area contributed by atoms with Gasteiger partial charge in [0, 0.05) is 13.7 Å². The summed E-state index contributed by atoms with van der Waals surface area (Å²) in [7, 11) is 1.64. The number of hydrogen-bond acceptors (Lipinski definition) is 22. The Labute approximate surface area is 435 Å². The minimum absolute atomic E-state index is 0.0124. The standard InChI is InChI=1S/C48H95ClN2O21/c1-47(2)46(52)50(48(3,4)51(47)49)6-7-54-10-11-56-14-15-58-18-19-60-22-23-62-26-27-64-30-31-66-34-35-68-38-39-70-42-43-72-45-44-71-41-40-69-37-36-67-33-32-65-29-28-63-25-24-61-21-20-59-17-16-57-13-12-55-9-8-53-5/h6-45H2,1-5H3. The third-order valence-corrected chi connectivity index (χ3v) is 10.8. The van der Waals surface area contributed by atoms with Crippen LogP contribution >= 0.6 is 11.8 Å². The summed E-state index contributed by atoms with van der Waals surface area (Å²) in [6.07, 6.45) is 0.